The predicted molar refractivity (Wildman–Crippen MR) is 84.7 cm³/mol. The Kier molecular flexibility index (Phi) is 4.33. The molecular weight excluding hydrogens is 320 g/mol. The minimum Gasteiger partial charge on any atom is -0.314 e. The van der Waals surface area contributed by atoms with Crippen LogP contribution < -0.4 is 5.32 Å². The monoisotopic (exact) mass is 336 g/mol. The van der Waals surface area contributed by atoms with Crippen molar-refractivity contribution in [2.75, 3.05) is 26.2 Å². The summed E-state index contributed by atoms with van der Waals surface area (Å²) in [5, 5.41) is 7.87. The van der Waals surface area contributed by atoms with Gasteiger partial charge in [-0.3, -0.25) is 4.90 Å². The van der Waals surface area contributed by atoms with Crippen molar-refractivity contribution < 1.29 is 0 Å². The Morgan fingerprint density at radius 2 is 2.00 bits per heavy atom. The summed E-state index contributed by atoms with van der Waals surface area (Å²) in [5.74, 6) is 0. The average molecular weight is 337 g/mol. The maximum absolute atomic E-state index is 3.59. The highest BCUT2D eigenvalue weighted by Gasteiger charge is 2.24. The van der Waals surface area contributed by atoms with E-state index in [2.05, 4.69) is 67.2 Å². The third-order valence-corrected chi connectivity index (χ3v) is 4.73. The molecule has 0 aliphatic carbocycles. The maximum atomic E-state index is 3.59. The van der Waals surface area contributed by atoms with Gasteiger partial charge in [-0.2, -0.15) is 11.3 Å². The van der Waals surface area contributed by atoms with Gasteiger partial charge in [0, 0.05) is 30.7 Å². The molecule has 1 aromatic carbocycles. The van der Waals surface area contributed by atoms with E-state index in [1.54, 1.807) is 11.3 Å². The summed E-state index contributed by atoms with van der Waals surface area (Å²) in [5.41, 5.74) is 2.78. The first-order valence-electron chi connectivity index (χ1n) is 6.57. The lowest BCUT2D eigenvalue weighted by Gasteiger charge is -2.35. The Bertz CT molecular complexity index is 521. The molecule has 3 rings (SSSR count). The van der Waals surface area contributed by atoms with E-state index in [0.717, 1.165) is 30.7 Å². The molecule has 1 N–H and O–H groups in total. The van der Waals surface area contributed by atoms with Crippen molar-refractivity contribution in [3.8, 4) is 0 Å². The third kappa shape index (κ3) is 3.08. The number of thiophene rings is 1. The van der Waals surface area contributed by atoms with Gasteiger partial charge in [0.2, 0.25) is 0 Å². The van der Waals surface area contributed by atoms with Crippen LogP contribution in [0.1, 0.15) is 17.2 Å². The Morgan fingerprint density at radius 1 is 1.16 bits per heavy atom. The summed E-state index contributed by atoms with van der Waals surface area (Å²) in [6.07, 6.45) is 0. The smallest absolute Gasteiger partial charge is 0.0611 e. The van der Waals surface area contributed by atoms with Gasteiger partial charge in [0.1, 0.15) is 0 Å². The highest BCUT2D eigenvalue weighted by atomic mass is 79.9. The first kappa shape index (κ1) is 13.3. The zero-order valence-electron chi connectivity index (χ0n) is 10.7. The second kappa shape index (κ2) is 6.18. The molecule has 4 heteroatoms. The zero-order chi connectivity index (χ0) is 13.1. The average Bonchev–Trinajstić information content (AvgIpc) is 2.94. The standard InChI is InChI=1S/C15H17BrN2S/c16-14-3-1-2-12(10-14)15(13-4-9-19-11-13)18-7-5-17-6-8-18/h1-4,9-11,15,17H,5-8H2. The summed E-state index contributed by atoms with van der Waals surface area (Å²) < 4.78 is 1.15. The number of benzene rings is 1. The van der Waals surface area contributed by atoms with Crippen LogP contribution in [0.25, 0.3) is 0 Å². The lowest BCUT2D eigenvalue weighted by atomic mass is 9.99. The second-order valence-corrected chi connectivity index (χ2v) is 6.50. The van der Waals surface area contributed by atoms with Gasteiger partial charge in [-0.15, -0.1) is 0 Å². The van der Waals surface area contributed by atoms with Crippen LogP contribution in [-0.2, 0) is 0 Å². The first-order valence-corrected chi connectivity index (χ1v) is 8.30. The molecule has 0 bridgehead atoms. The lowest BCUT2D eigenvalue weighted by Crippen LogP contribution is -2.45. The van der Waals surface area contributed by atoms with Gasteiger partial charge in [0.05, 0.1) is 6.04 Å². The van der Waals surface area contributed by atoms with Crippen LogP contribution in [0.5, 0.6) is 0 Å². The molecule has 19 heavy (non-hydrogen) atoms. The summed E-state index contributed by atoms with van der Waals surface area (Å²) in [6, 6.07) is 11.3. The van der Waals surface area contributed by atoms with Crippen molar-refractivity contribution >= 4 is 27.3 Å². The largest absolute Gasteiger partial charge is 0.314 e. The quantitative estimate of drug-likeness (QED) is 0.922. The molecule has 2 aromatic rings. The van der Waals surface area contributed by atoms with Gasteiger partial charge in [-0.1, -0.05) is 28.1 Å². The SMILES string of the molecule is Brc1cccc(C(c2ccsc2)N2CCNCC2)c1. The molecule has 1 atom stereocenters. The van der Waals surface area contributed by atoms with Crippen molar-refractivity contribution in [3.63, 3.8) is 0 Å². The fourth-order valence-electron chi connectivity index (χ4n) is 2.66. The van der Waals surface area contributed by atoms with Crippen molar-refractivity contribution in [3.05, 3.63) is 56.7 Å². The molecule has 2 heterocycles. The molecule has 1 saturated heterocycles. The Morgan fingerprint density at radius 3 is 2.68 bits per heavy atom. The fraction of sp³-hybridized carbons (Fsp3) is 0.333. The number of rotatable bonds is 3. The lowest BCUT2D eigenvalue weighted by molar-refractivity contribution is 0.198. The van der Waals surface area contributed by atoms with E-state index < -0.39 is 0 Å². The number of hydrogen-bond donors (Lipinski definition) is 1. The molecule has 2 nitrogen and oxygen atoms in total. The van der Waals surface area contributed by atoms with E-state index >= 15 is 0 Å². The predicted octanol–water partition coefficient (Wildman–Crippen LogP) is 3.51. The van der Waals surface area contributed by atoms with Crippen LogP contribution in [-0.4, -0.2) is 31.1 Å². The molecular formula is C15H17BrN2S. The summed E-state index contributed by atoms with van der Waals surface area (Å²) in [7, 11) is 0. The molecule has 0 amide bonds. The van der Waals surface area contributed by atoms with E-state index in [1.807, 2.05) is 0 Å². The Balaban J connectivity index is 1.96. The van der Waals surface area contributed by atoms with Gasteiger partial charge in [0.25, 0.3) is 0 Å². The molecule has 100 valence electrons. The Hall–Kier alpha value is -0.680. The van der Waals surface area contributed by atoms with E-state index in [-0.39, 0.29) is 0 Å². The second-order valence-electron chi connectivity index (χ2n) is 4.80. The molecule has 1 aliphatic rings. The van der Waals surface area contributed by atoms with Crippen LogP contribution in [0.4, 0.5) is 0 Å². The van der Waals surface area contributed by atoms with Gasteiger partial charge in [0.15, 0.2) is 0 Å². The minimum absolute atomic E-state index is 0.380. The van der Waals surface area contributed by atoms with Crippen molar-refractivity contribution in [2.24, 2.45) is 0 Å². The number of nitrogens with zero attached hydrogens (tertiary/aromatic N) is 1. The number of hydrogen-bond acceptors (Lipinski definition) is 3. The number of nitrogens with one attached hydrogen (secondary N) is 1. The molecule has 0 radical (unpaired) electrons. The third-order valence-electron chi connectivity index (χ3n) is 3.54. The van der Waals surface area contributed by atoms with Crippen molar-refractivity contribution in [1.29, 1.82) is 0 Å². The molecule has 0 saturated carbocycles. The highest BCUT2D eigenvalue weighted by Crippen LogP contribution is 2.31. The van der Waals surface area contributed by atoms with Gasteiger partial charge >= 0.3 is 0 Å². The van der Waals surface area contributed by atoms with Crippen LogP contribution in [0.2, 0.25) is 0 Å². The highest BCUT2D eigenvalue weighted by molar-refractivity contribution is 9.10. The van der Waals surface area contributed by atoms with E-state index in [4.69, 9.17) is 0 Å². The van der Waals surface area contributed by atoms with E-state index in [0.29, 0.717) is 6.04 Å². The summed E-state index contributed by atoms with van der Waals surface area (Å²) in [6.45, 7) is 4.36. The van der Waals surface area contributed by atoms with Crippen LogP contribution in [0.15, 0.2) is 45.6 Å². The molecule has 0 spiro atoms. The number of halogens is 1. The summed E-state index contributed by atoms with van der Waals surface area (Å²) in [4.78, 5) is 2.57. The van der Waals surface area contributed by atoms with E-state index in [1.165, 1.54) is 11.1 Å². The van der Waals surface area contributed by atoms with Gasteiger partial charge < -0.3 is 5.32 Å². The maximum Gasteiger partial charge on any atom is 0.0611 e. The number of piperazine rings is 1. The van der Waals surface area contributed by atoms with Gasteiger partial charge in [-0.05, 0) is 40.1 Å². The van der Waals surface area contributed by atoms with Crippen LogP contribution in [0.3, 0.4) is 0 Å². The van der Waals surface area contributed by atoms with Crippen LogP contribution in [0, 0.1) is 0 Å². The fourth-order valence-corrected chi connectivity index (χ4v) is 3.76. The molecule has 1 aromatic heterocycles. The summed E-state index contributed by atoms with van der Waals surface area (Å²) >= 11 is 5.37. The topological polar surface area (TPSA) is 15.3 Å². The normalized spacial score (nSPS) is 18.4. The van der Waals surface area contributed by atoms with E-state index in [9.17, 15) is 0 Å². The van der Waals surface area contributed by atoms with Crippen LogP contribution >= 0.6 is 27.3 Å². The van der Waals surface area contributed by atoms with Gasteiger partial charge in [-0.25, -0.2) is 0 Å². The Labute approximate surface area is 126 Å². The van der Waals surface area contributed by atoms with Crippen molar-refractivity contribution in [2.45, 2.75) is 6.04 Å². The first-order chi connectivity index (χ1) is 9.34. The molecule has 1 aliphatic heterocycles. The molecule has 1 unspecified atom stereocenters. The van der Waals surface area contributed by atoms with Crippen molar-refractivity contribution in [1.82, 2.24) is 10.2 Å². The molecule has 1 fully saturated rings. The minimum atomic E-state index is 0.380. The zero-order valence-corrected chi connectivity index (χ0v) is 13.1.